The molecular weight excluding hydrogens is 530 g/mol. The molecule has 0 saturated carbocycles. The van der Waals surface area contributed by atoms with Crippen LogP contribution in [-0.4, -0.2) is 71.8 Å². The van der Waals surface area contributed by atoms with Crippen molar-refractivity contribution in [1.29, 1.82) is 0 Å². The highest BCUT2D eigenvalue weighted by atomic mass is 19.1. The maximum Gasteiger partial charge on any atom is 0.257 e. The molecule has 0 aromatic heterocycles. The van der Waals surface area contributed by atoms with Gasteiger partial charge in [0.25, 0.3) is 11.8 Å². The van der Waals surface area contributed by atoms with Crippen molar-refractivity contribution in [3.05, 3.63) is 100 Å². The lowest BCUT2D eigenvalue weighted by Gasteiger charge is -2.28. The van der Waals surface area contributed by atoms with Crippen LogP contribution in [0.2, 0.25) is 0 Å². The summed E-state index contributed by atoms with van der Waals surface area (Å²) < 4.78 is 27.8. The van der Waals surface area contributed by atoms with Gasteiger partial charge in [0.05, 0.1) is 17.7 Å². The van der Waals surface area contributed by atoms with Gasteiger partial charge in [-0.1, -0.05) is 31.2 Å². The minimum absolute atomic E-state index is 0.000161. The summed E-state index contributed by atoms with van der Waals surface area (Å²) in [5.74, 6) is -2.75. The molecule has 0 aliphatic carbocycles. The van der Waals surface area contributed by atoms with E-state index < -0.39 is 29.7 Å². The second-order valence-electron chi connectivity index (χ2n) is 10.2. The molecule has 0 spiro atoms. The van der Waals surface area contributed by atoms with E-state index in [0.717, 1.165) is 30.2 Å². The topological polar surface area (TPSA) is 114 Å². The molecule has 10 heteroatoms. The highest BCUT2D eigenvalue weighted by molar-refractivity contribution is 6.01. The molecule has 0 bridgehead atoms. The van der Waals surface area contributed by atoms with Gasteiger partial charge in [-0.2, -0.15) is 0 Å². The van der Waals surface area contributed by atoms with E-state index in [-0.39, 0.29) is 41.3 Å². The number of aryl methyl sites for hydroxylation is 1. The summed E-state index contributed by atoms with van der Waals surface area (Å²) in [6, 6.07) is 14.2. The van der Waals surface area contributed by atoms with Crippen molar-refractivity contribution < 1.29 is 28.6 Å². The van der Waals surface area contributed by atoms with Crippen LogP contribution in [0.15, 0.2) is 60.7 Å². The number of aromatic hydroxyl groups is 1. The zero-order valence-electron chi connectivity index (χ0n) is 23.0. The van der Waals surface area contributed by atoms with Crippen molar-refractivity contribution in [2.75, 3.05) is 32.7 Å². The van der Waals surface area contributed by atoms with Gasteiger partial charge in [0.1, 0.15) is 17.4 Å². The van der Waals surface area contributed by atoms with Gasteiger partial charge in [0.2, 0.25) is 0 Å². The van der Waals surface area contributed by atoms with Gasteiger partial charge in [0.15, 0.2) is 0 Å². The summed E-state index contributed by atoms with van der Waals surface area (Å²) in [5.41, 5.74) is 2.60. The summed E-state index contributed by atoms with van der Waals surface area (Å²) in [4.78, 5) is 27.9. The van der Waals surface area contributed by atoms with Crippen molar-refractivity contribution in [2.45, 2.75) is 38.5 Å². The number of aliphatic hydroxyl groups excluding tert-OH is 1. The lowest BCUT2D eigenvalue weighted by atomic mass is 9.99. The van der Waals surface area contributed by atoms with Gasteiger partial charge in [0, 0.05) is 50.9 Å². The first-order chi connectivity index (χ1) is 19.7. The third-order valence-electron chi connectivity index (χ3n) is 7.13. The fourth-order valence-corrected chi connectivity index (χ4v) is 4.87. The second-order valence-corrected chi connectivity index (χ2v) is 10.2. The largest absolute Gasteiger partial charge is 0.507 e. The van der Waals surface area contributed by atoms with Crippen molar-refractivity contribution in [3.8, 4) is 5.75 Å². The zero-order chi connectivity index (χ0) is 29.4. The molecule has 41 heavy (non-hydrogen) atoms. The quantitative estimate of drug-likeness (QED) is 0.244. The van der Waals surface area contributed by atoms with Crippen LogP contribution in [0.25, 0.3) is 0 Å². The maximum absolute atomic E-state index is 13.9. The maximum atomic E-state index is 13.9. The van der Waals surface area contributed by atoms with Crippen LogP contribution in [0.5, 0.6) is 5.75 Å². The number of phenols is 1. The van der Waals surface area contributed by atoms with Crippen LogP contribution in [-0.2, 0) is 19.4 Å². The summed E-state index contributed by atoms with van der Waals surface area (Å²) >= 11 is 0. The monoisotopic (exact) mass is 566 g/mol. The van der Waals surface area contributed by atoms with E-state index in [1.54, 1.807) is 4.90 Å². The number of nitrogens with one attached hydrogen (secondary N) is 3. The van der Waals surface area contributed by atoms with Crippen LogP contribution in [0, 0.1) is 11.6 Å². The molecule has 1 fully saturated rings. The van der Waals surface area contributed by atoms with Crippen molar-refractivity contribution in [1.82, 2.24) is 20.9 Å². The number of nitrogens with zero attached hydrogens (tertiary/aromatic N) is 1. The molecular formula is C31H36F2N4O4. The summed E-state index contributed by atoms with van der Waals surface area (Å²) in [7, 11) is 0. The molecule has 3 aromatic rings. The predicted molar refractivity (Wildman–Crippen MR) is 152 cm³/mol. The highest BCUT2D eigenvalue weighted by Gasteiger charge is 2.25. The SMILES string of the molecule is CCc1cccc(CNCC(O)C(Cc2cc(F)cc(F)c2)NC(=O)c2ccc(O)c(C(=O)N3CCNCC3)c2)c1. The minimum Gasteiger partial charge on any atom is -0.507 e. The molecule has 218 valence electrons. The Morgan fingerprint density at radius 3 is 2.39 bits per heavy atom. The smallest absolute Gasteiger partial charge is 0.257 e. The number of amides is 2. The summed E-state index contributed by atoms with van der Waals surface area (Å²) in [6.45, 7) is 4.86. The number of benzene rings is 3. The molecule has 2 atom stereocenters. The summed E-state index contributed by atoms with van der Waals surface area (Å²) in [6.07, 6.45) is -0.257. The fourth-order valence-electron chi connectivity index (χ4n) is 4.87. The molecule has 0 radical (unpaired) electrons. The van der Waals surface area contributed by atoms with Gasteiger partial charge in [-0.15, -0.1) is 0 Å². The molecule has 4 rings (SSSR count). The number of aliphatic hydroxyl groups is 1. The number of phenolic OH excluding ortho intramolecular Hbond substituents is 1. The van der Waals surface area contributed by atoms with Crippen LogP contribution >= 0.6 is 0 Å². The predicted octanol–water partition coefficient (Wildman–Crippen LogP) is 2.77. The van der Waals surface area contributed by atoms with Gasteiger partial charge in [-0.05, 0) is 59.9 Å². The normalized spacial score (nSPS) is 14.9. The molecule has 8 nitrogen and oxygen atoms in total. The average Bonchev–Trinajstić information content (AvgIpc) is 2.96. The molecule has 5 N–H and O–H groups in total. The number of halogens is 2. The third kappa shape index (κ3) is 8.32. The summed E-state index contributed by atoms with van der Waals surface area (Å²) in [5, 5.41) is 30.5. The number of hydrogen-bond donors (Lipinski definition) is 5. The first-order valence-electron chi connectivity index (χ1n) is 13.8. The van der Waals surface area contributed by atoms with Crippen molar-refractivity contribution in [2.24, 2.45) is 0 Å². The van der Waals surface area contributed by atoms with Gasteiger partial charge in [-0.3, -0.25) is 9.59 Å². The zero-order valence-corrected chi connectivity index (χ0v) is 23.0. The molecule has 1 heterocycles. The molecule has 3 aromatic carbocycles. The highest BCUT2D eigenvalue weighted by Crippen LogP contribution is 2.21. The van der Waals surface area contributed by atoms with E-state index >= 15 is 0 Å². The fraction of sp³-hybridized carbons (Fsp3) is 0.355. The Labute approximate surface area is 238 Å². The van der Waals surface area contributed by atoms with E-state index in [1.165, 1.54) is 23.8 Å². The van der Waals surface area contributed by atoms with E-state index in [2.05, 4.69) is 28.9 Å². The Morgan fingerprint density at radius 1 is 0.976 bits per heavy atom. The second kappa shape index (κ2) is 14.2. The van der Waals surface area contributed by atoms with Gasteiger partial charge >= 0.3 is 0 Å². The minimum atomic E-state index is -1.11. The molecule has 2 amide bonds. The van der Waals surface area contributed by atoms with Crippen LogP contribution in [0.3, 0.4) is 0 Å². The standard InChI is InChI=1S/C31H36F2N4O4/c1-2-20-4-3-5-21(12-20)18-35-19-29(39)27(15-22-13-24(32)17-25(33)14-22)36-30(40)23-6-7-28(38)26(16-23)31(41)37-10-8-34-9-11-37/h3-7,12-14,16-17,27,29,34-35,38-39H,2,8-11,15,18-19H2,1H3,(H,36,40). The van der Waals surface area contributed by atoms with Crippen molar-refractivity contribution >= 4 is 11.8 Å². The molecule has 2 unspecified atom stereocenters. The van der Waals surface area contributed by atoms with Gasteiger partial charge < -0.3 is 31.1 Å². The number of carbonyl (C=O) groups excluding carboxylic acids is 2. The number of hydrogen-bond acceptors (Lipinski definition) is 6. The Kier molecular flexibility index (Phi) is 10.4. The first-order valence-corrected chi connectivity index (χ1v) is 13.8. The van der Waals surface area contributed by atoms with Crippen LogP contribution < -0.4 is 16.0 Å². The number of rotatable bonds is 11. The molecule has 1 aliphatic heterocycles. The lowest BCUT2D eigenvalue weighted by molar-refractivity contribution is 0.0732. The molecule has 1 saturated heterocycles. The first kappa shape index (κ1) is 30.1. The van der Waals surface area contributed by atoms with Crippen LogP contribution in [0.1, 0.15) is 44.3 Å². The Bertz CT molecular complexity index is 1340. The molecule has 1 aliphatic rings. The Balaban J connectivity index is 1.49. The Morgan fingerprint density at radius 2 is 1.68 bits per heavy atom. The van der Waals surface area contributed by atoms with Crippen LogP contribution in [0.4, 0.5) is 8.78 Å². The van der Waals surface area contributed by atoms with E-state index in [4.69, 9.17) is 0 Å². The third-order valence-corrected chi connectivity index (χ3v) is 7.13. The Hall–Kier alpha value is -3.86. The lowest BCUT2D eigenvalue weighted by Crippen LogP contribution is -2.48. The number of carbonyl (C=O) groups is 2. The van der Waals surface area contributed by atoms with E-state index in [9.17, 15) is 28.6 Å². The average molecular weight is 567 g/mol. The van der Waals surface area contributed by atoms with E-state index in [0.29, 0.717) is 32.7 Å². The number of piperazine rings is 1. The van der Waals surface area contributed by atoms with E-state index in [1.807, 2.05) is 18.2 Å². The van der Waals surface area contributed by atoms with Crippen molar-refractivity contribution in [3.63, 3.8) is 0 Å². The van der Waals surface area contributed by atoms with Gasteiger partial charge in [-0.25, -0.2) is 8.78 Å².